The number of ketones is 1. The van der Waals surface area contributed by atoms with Crippen LogP contribution in [0.2, 0.25) is 0 Å². The fraction of sp³-hybridized carbons (Fsp3) is 0.415. The predicted molar refractivity (Wildman–Crippen MR) is 265 cm³/mol. The van der Waals surface area contributed by atoms with Crippen LogP contribution >= 0.6 is 0 Å². The van der Waals surface area contributed by atoms with Gasteiger partial charge >= 0.3 is 36.2 Å². The minimum Gasteiger partial charge on any atom is -0.480 e. The molecule has 0 saturated heterocycles. The summed E-state index contributed by atoms with van der Waals surface area (Å²) < 4.78 is 21.1. The maximum Gasteiger partial charge on any atom is 0.414 e. The Labute approximate surface area is 413 Å². The van der Waals surface area contributed by atoms with E-state index in [9.17, 15) is 38.7 Å². The average molecular weight is 980 g/mol. The number of fused-ring (bicyclic) bond motifs is 3. The Hall–Kier alpha value is -7.63. The van der Waals surface area contributed by atoms with Gasteiger partial charge in [0.15, 0.2) is 5.78 Å². The summed E-state index contributed by atoms with van der Waals surface area (Å²) in [5, 5.41) is 25.8. The SMILES string of the molecule is CC(C)(C)OC(=O)CCc1ccc(C(=O)CCCCC[C@H](NC(=O)OCC2c3ccccc3-c3ccccc32)C(=O)O)cn1.CC(C)(C)OC(=O)NC(=Nc1cccc(C(=O)O)c1)NC(=O)OC(C)(C)C. The summed E-state index contributed by atoms with van der Waals surface area (Å²) in [6.07, 6.45) is 1.97. The van der Waals surface area contributed by atoms with Gasteiger partial charge in [0.2, 0.25) is 5.96 Å². The molecule has 1 heterocycles. The summed E-state index contributed by atoms with van der Waals surface area (Å²) in [4.78, 5) is 92.3. The number of hydrogen-bond donors (Lipinski definition) is 5. The second-order valence-electron chi connectivity index (χ2n) is 19.6. The van der Waals surface area contributed by atoms with Crippen LogP contribution in [0.1, 0.15) is 144 Å². The molecule has 3 amide bonds. The van der Waals surface area contributed by atoms with E-state index in [2.05, 4.69) is 25.9 Å². The molecule has 1 aromatic heterocycles. The maximum atomic E-state index is 12.6. The molecule has 1 aliphatic rings. The highest BCUT2D eigenvalue weighted by molar-refractivity contribution is 6.02. The van der Waals surface area contributed by atoms with Crippen molar-refractivity contribution in [2.75, 3.05) is 6.61 Å². The lowest BCUT2D eigenvalue weighted by Crippen LogP contribution is -2.47. The number of pyridine rings is 1. The van der Waals surface area contributed by atoms with Crippen LogP contribution < -0.4 is 16.0 Å². The van der Waals surface area contributed by atoms with Crippen LogP contribution in [-0.2, 0) is 35.0 Å². The van der Waals surface area contributed by atoms with Gasteiger partial charge in [0.25, 0.3) is 0 Å². The van der Waals surface area contributed by atoms with Gasteiger partial charge in [-0.25, -0.2) is 29.0 Å². The van der Waals surface area contributed by atoms with Crippen molar-refractivity contribution < 1.29 is 62.7 Å². The standard InChI is InChI=1S/C35H40N2O7.C18H25N3O6/c1-35(2,3)44-32(39)20-19-24-18-17-23(21-36-24)31(38)16-6-4-5-15-30(33(40)41)37-34(42)43-22-29-27-13-9-7-11-25(27)26-12-8-10-14-28(26)29;1-17(2,3)26-15(24)20-14(21-16(25)27-18(4,5)6)19-12-9-7-8-11(10-12)13(22)23/h7-14,17-18,21,29-30H,4-6,15-16,19-20,22H2,1-3H3,(H,37,42)(H,40,41);7-10H,1-6H3,(H,22,23)(H2,19,20,21,24,25)/t30-;/m0./s1. The molecule has 5 rings (SSSR count). The Kier molecular flexibility index (Phi) is 19.9. The van der Waals surface area contributed by atoms with Crippen molar-refractivity contribution >= 4 is 53.6 Å². The minimum atomic E-state index is -1.13. The van der Waals surface area contributed by atoms with Crippen molar-refractivity contribution in [2.45, 2.75) is 136 Å². The van der Waals surface area contributed by atoms with Gasteiger partial charge in [-0.05, 0) is 128 Å². The molecule has 71 heavy (non-hydrogen) atoms. The summed E-state index contributed by atoms with van der Waals surface area (Å²) >= 11 is 0. The molecule has 0 radical (unpaired) electrons. The zero-order valence-corrected chi connectivity index (χ0v) is 41.8. The molecule has 0 aliphatic heterocycles. The van der Waals surface area contributed by atoms with Crippen molar-refractivity contribution in [3.8, 4) is 11.1 Å². The van der Waals surface area contributed by atoms with Gasteiger partial charge < -0.3 is 34.5 Å². The number of unbranched alkanes of at least 4 members (excludes halogenated alkanes) is 2. The number of esters is 1. The van der Waals surface area contributed by atoms with Crippen LogP contribution in [0.3, 0.4) is 0 Å². The summed E-state index contributed by atoms with van der Waals surface area (Å²) in [5.41, 5.74) is 3.74. The van der Waals surface area contributed by atoms with Gasteiger partial charge in [-0.1, -0.05) is 67.4 Å². The predicted octanol–water partition coefficient (Wildman–Crippen LogP) is 9.90. The van der Waals surface area contributed by atoms with Crippen LogP contribution in [0.25, 0.3) is 11.1 Å². The third-order valence-corrected chi connectivity index (χ3v) is 10.1. The number of nitrogens with zero attached hydrogens (tertiary/aromatic N) is 2. The second kappa shape index (κ2) is 25.3. The molecule has 0 spiro atoms. The topological polar surface area (TPSA) is 258 Å². The number of ether oxygens (including phenoxy) is 4. The number of guanidine groups is 1. The molecule has 380 valence electrons. The fourth-order valence-corrected chi connectivity index (χ4v) is 7.08. The molecule has 1 atom stereocenters. The third kappa shape index (κ3) is 19.7. The highest BCUT2D eigenvalue weighted by Gasteiger charge is 2.30. The number of aliphatic carboxylic acids is 1. The van der Waals surface area contributed by atoms with E-state index in [1.807, 2.05) is 69.3 Å². The Morgan fingerprint density at radius 2 is 1.23 bits per heavy atom. The first kappa shape index (κ1) is 56.0. The second-order valence-corrected chi connectivity index (χ2v) is 19.6. The monoisotopic (exact) mass is 979 g/mol. The number of amides is 3. The summed E-state index contributed by atoms with van der Waals surface area (Å²) in [6, 6.07) is 24.0. The molecule has 0 saturated carbocycles. The Balaban J connectivity index is 0.000000348. The van der Waals surface area contributed by atoms with E-state index in [4.69, 9.17) is 24.1 Å². The number of benzene rings is 3. The van der Waals surface area contributed by atoms with Gasteiger partial charge in [0, 0.05) is 36.2 Å². The number of carbonyl (C=O) groups is 7. The number of aryl methyl sites for hydroxylation is 1. The summed E-state index contributed by atoms with van der Waals surface area (Å²) in [7, 11) is 0. The number of Topliss-reactive ketones (excluding diaryl/α,β-unsaturated/α-hetero) is 1. The normalized spacial score (nSPS) is 12.3. The summed E-state index contributed by atoms with van der Waals surface area (Å²) in [5.74, 6) is -2.99. The molecule has 5 N–H and O–H groups in total. The molecule has 4 aromatic rings. The van der Waals surface area contributed by atoms with Crippen molar-refractivity contribution in [1.82, 2.24) is 20.9 Å². The van der Waals surface area contributed by atoms with Crippen LogP contribution in [-0.4, -0.2) is 92.6 Å². The number of carboxylic acids is 2. The van der Waals surface area contributed by atoms with Crippen LogP contribution in [0, 0.1) is 0 Å². The smallest absolute Gasteiger partial charge is 0.414 e. The molecular formula is C53H65N5O13. The van der Waals surface area contributed by atoms with Gasteiger partial charge in [0.05, 0.1) is 17.7 Å². The largest absolute Gasteiger partial charge is 0.480 e. The van der Waals surface area contributed by atoms with Crippen LogP contribution in [0.15, 0.2) is 96.1 Å². The third-order valence-electron chi connectivity index (χ3n) is 10.1. The molecule has 0 fully saturated rings. The zero-order valence-electron chi connectivity index (χ0n) is 41.8. The van der Waals surface area contributed by atoms with Gasteiger partial charge in [0.1, 0.15) is 29.5 Å². The number of aromatic nitrogens is 1. The maximum absolute atomic E-state index is 12.6. The first-order valence-electron chi connectivity index (χ1n) is 23.2. The zero-order chi connectivity index (χ0) is 52.5. The molecule has 0 unspecified atom stereocenters. The lowest BCUT2D eigenvalue weighted by Gasteiger charge is -2.22. The van der Waals surface area contributed by atoms with E-state index in [-0.39, 0.29) is 54.3 Å². The van der Waals surface area contributed by atoms with E-state index < -0.39 is 53.1 Å². The Morgan fingerprint density at radius 3 is 1.75 bits per heavy atom. The lowest BCUT2D eigenvalue weighted by atomic mass is 9.98. The number of carbonyl (C=O) groups excluding carboxylic acids is 5. The van der Waals surface area contributed by atoms with Gasteiger partial charge in [-0.15, -0.1) is 0 Å². The Bertz CT molecular complexity index is 2480. The highest BCUT2D eigenvalue weighted by atomic mass is 16.6. The van der Waals surface area contributed by atoms with E-state index in [0.717, 1.165) is 22.3 Å². The summed E-state index contributed by atoms with van der Waals surface area (Å²) in [6.45, 7) is 15.6. The van der Waals surface area contributed by atoms with E-state index in [0.29, 0.717) is 43.4 Å². The van der Waals surface area contributed by atoms with Crippen LogP contribution in [0.5, 0.6) is 0 Å². The van der Waals surface area contributed by atoms with Gasteiger partial charge in [-0.2, -0.15) is 0 Å². The van der Waals surface area contributed by atoms with Crippen LogP contribution in [0.4, 0.5) is 20.1 Å². The first-order valence-corrected chi connectivity index (χ1v) is 23.2. The number of carboxylic acid groups (broad SMARTS) is 2. The molecule has 3 aromatic carbocycles. The minimum absolute atomic E-state index is 0.00476. The lowest BCUT2D eigenvalue weighted by molar-refractivity contribution is -0.154. The van der Waals surface area contributed by atoms with Crippen molar-refractivity contribution in [3.63, 3.8) is 0 Å². The number of nitrogens with one attached hydrogen (secondary N) is 3. The fourth-order valence-electron chi connectivity index (χ4n) is 7.08. The molecular weight excluding hydrogens is 915 g/mol. The van der Waals surface area contributed by atoms with E-state index >= 15 is 0 Å². The number of rotatable bonds is 16. The Morgan fingerprint density at radius 1 is 0.648 bits per heavy atom. The van der Waals surface area contributed by atoms with E-state index in [1.54, 1.807) is 53.7 Å². The number of aliphatic imine (C=N–C) groups is 1. The van der Waals surface area contributed by atoms with Gasteiger partial charge in [-0.3, -0.25) is 25.2 Å². The molecule has 0 bridgehead atoms. The highest BCUT2D eigenvalue weighted by Crippen LogP contribution is 2.44. The van der Waals surface area contributed by atoms with Crippen molar-refractivity contribution in [2.24, 2.45) is 4.99 Å². The number of hydrogen-bond acceptors (Lipinski definition) is 13. The number of alkyl carbamates (subject to hydrolysis) is 3. The van der Waals surface area contributed by atoms with Crippen molar-refractivity contribution in [1.29, 1.82) is 0 Å². The number of aromatic carboxylic acids is 1. The van der Waals surface area contributed by atoms with E-state index in [1.165, 1.54) is 30.5 Å². The first-order chi connectivity index (χ1) is 33.3. The average Bonchev–Trinajstić information content (AvgIpc) is 3.58. The quantitative estimate of drug-likeness (QED) is 0.0175. The molecule has 18 nitrogen and oxygen atoms in total. The molecule has 1 aliphatic carbocycles. The molecule has 18 heteroatoms. The van der Waals surface area contributed by atoms with Crippen molar-refractivity contribution in [3.05, 3.63) is 119 Å².